The zero-order chi connectivity index (χ0) is 10.7. The highest BCUT2D eigenvalue weighted by atomic mass is 16.2. The van der Waals surface area contributed by atoms with Gasteiger partial charge in [-0.05, 0) is 13.5 Å². The van der Waals surface area contributed by atoms with Crippen molar-refractivity contribution in [3.63, 3.8) is 0 Å². The van der Waals surface area contributed by atoms with Gasteiger partial charge in [-0.1, -0.05) is 20.8 Å². The van der Waals surface area contributed by atoms with Crippen LogP contribution in [0.2, 0.25) is 0 Å². The lowest BCUT2D eigenvalue weighted by Crippen LogP contribution is -2.36. The number of nitrogens with one attached hydrogen (secondary N) is 2. The molecular formula is C9H24N2O2. The Labute approximate surface area is 83.1 Å². The fourth-order valence-electron chi connectivity index (χ4n) is 0.524. The number of hydrogen-bond donors (Lipinski definition) is 2. The number of carbonyl (C=O) groups is 2. The SMILES string of the molecule is CC.CCNCC(=O)NCC(C)=O.[HH].[HH]. The molecule has 13 heavy (non-hydrogen) atoms. The van der Waals surface area contributed by atoms with Crippen LogP contribution in [0.15, 0.2) is 0 Å². The van der Waals surface area contributed by atoms with Crippen molar-refractivity contribution in [2.24, 2.45) is 0 Å². The fraction of sp³-hybridized carbons (Fsp3) is 0.778. The van der Waals surface area contributed by atoms with Crippen LogP contribution in [0.4, 0.5) is 0 Å². The van der Waals surface area contributed by atoms with Gasteiger partial charge in [0.05, 0.1) is 13.1 Å². The molecule has 0 saturated carbocycles. The second kappa shape index (κ2) is 11.1. The molecule has 0 fully saturated rings. The van der Waals surface area contributed by atoms with Gasteiger partial charge in [0.15, 0.2) is 0 Å². The lowest BCUT2D eigenvalue weighted by Gasteiger charge is -2.01. The molecule has 4 nitrogen and oxygen atoms in total. The number of ketones is 1. The summed E-state index contributed by atoms with van der Waals surface area (Å²) < 4.78 is 0. The first-order valence-corrected chi connectivity index (χ1v) is 4.63. The van der Waals surface area contributed by atoms with E-state index in [4.69, 9.17) is 0 Å². The van der Waals surface area contributed by atoms with Gasteiger partial charge in [-0.3, -0.25) is 9.59 Å². The Balaban J connectivity index is -0.000000142. The van der Waals surface area contributed by atoms with Crippen LogP contribution >= 0.6 is 0 Å². The molecule has 0 heterocycles. The Morgan fingerprint density at radius 1 is 1.23 bits per heavy atom. The van der Waals surface area contributed by atoms with Crippen molar-refractivity contribution < 1.29 is 12.4 Å². The Morgan fingerprint density at radius 3 is 2.15 bits per heavy atom. The Bertz CT molecular complexity index is 155. The molecule has 4 heteroatoms. The molecule has 0 aliphatic heterocycles. The molecule has 0 bridgehead atoms. The Hall–Kier alpha value is -0.900. The van der Waals surface area contributed by atoms with Crippen LogP contribution in [0.1, 0.15) is 30.5 Å². The minimum absolute atomic E-state index is 0. The first-order chi connectivity index (χ1) is 6.16. The molecule has 0 saturated heterocycles. The number of Topliss-reactive ketones (excluding diaryl/α,β-unsaturated/α-hetero) is 1. The number of likely N-dealkylation sites (N-methyl/N-ethyl adjacent to an activating group) is 1. The van der Waals surface area contributed by atoms with Crippen molar-refractivity contribution in [1.82, 2.24) is 10.6 Å². The third-order valence-electron chi connectivity index (χ3n) is 1.07. The van der Waals surface area contributed by atoms with Gasteiger partial charge in [-0.15, -0.1) is 0 Å². The van der Waals surface area contributed by atoms with Gasteiger partial charge in [-0.25, -0.2) is 0 Å². The summed E-state index contributed by atoms with van der Waals surface area (Å²) in [7, 11) is 0. The topological polar surface area (TPSA) is 58.2 Å². The molecule has 0 spiro atoms. The first kappa shape index (κ1) is 14.6. The van der Waals surface area contributed by atoms with E-state index in [0.29, 0.717) is 0 Å². The Kier molecular flexibility index (Phi) is 12.5. The summed E-state index contributed by atoms with van der Waals surface area (Å²) in [5, 5.41) is 5.31. The van der Waals surface area contributed by atoms with E-state index < -0.39 is 0 Å². The van der Waals surface area contributed by atoms with Gasteiger partial charge >= 0.3 is 0 Å². The molecular weight excluding hydrogens is 168 g/mol. The normalized spacial score (nSPS) is 8.31. The van der Waals surface area contributed by atoms with Crippen LogP contribution in [-0.2, 0) is 9.59 Å². The van der Waals surface area contributed by atoms with Crippen LogP contribution in [0.3, 0.4) is 0 Å². The second-order valence-corrected chi connectivity index (χ2v) is 2.26. The van der Waals surface area contributed by atoms with E-state index in [1.165, 1.54) is 6.92 Å². The lowest BCUT2D eigenvalue weighted by atomic mass is 10.4. The highest BCUT2D eigenvalue weighted by Gasteiger charge is 1.99. The number of amides is 1. The van der Waals surface area contributed by atoms with E-state index >= 15 is 0 Å². The van der Waals surface area contributed by atoms with Gasteiger partial charge < -0.3 is 10.6 Å². The second-order valence-electron chi connectivity index (χ2n) is 2.26. The summed E-state index contributed by atoms with van der Waals surface area (Å²) in [6, 6.07) is 0. The molecule has 0 aliphatic carbocycles. The summed E-state index contributed by atoms with van der Waals surface area (Å²) in [6.45, 7) is 8.52. The lowest BCUT2D eigenvalue weighted by molar-refractivity contribution is -0.123. The van der Waals surface area contributed by atoms with Crippen molar-refractivity contribution in [2.45, 2.75) is 27.7 Å². The Morgan fingerprint density at radius 2 is 1.77 bits per heavy atom. The predicted molar refractivity (Wildman–Crippen MR) is 57.8 cm³/mol. The van der Waals surface area contributed by atoms with Crippen LogP contribution in [0.25, 0.3) is 0 Å². The van der Waals surface area contributed by atoms with Crippen LogP contribution in [0.5, 0.6) is 0 Å². The van der Waals surface area contributed by atoms with E-state index in [1.807, 2.05) is 20.8 Å². The molecule has 0 rings (SSSR count). The molecule has 0 aromatic heterocycles. The van der Waals surface area contributed by atoms with Crippen molar-refractivity contribution in [1.29, 1.82) is 0 Å². The van der Waals surface area contributed by atoms with Gasteiger partial charge in [-0.2, -0.15) is 0 Å². The van der Waals surface area contributed by atoms with E-state index in [0.717, 1.165) is 6.54 Å². The minimum Gasteiger partial charge on any atom is -0.348 e. The molecule has 1 amide bonds. The molecule has 0 atom stereocenters. The van der Waals surface area contributed by atoms with E-state index in [-0.39, 0.29) is 27.6 Å². The molecule has 82 valence electrons. The van der Waals surface area contributed by atoms with E-state index in [2.05, 4.69) is 10.6 Å². The zero-order valence-electron chi connectivity index (χ0n) is 8.94. The highest BCUT2D eigenvalue weighted by Crippen LogP contribution is 1.66. The summed E-state index contributed by atoms with van der Waals surface area (Å²) in [5.41, 5.74) is 0. The molecule has 0 radical (unpaired) electrons. The van der Waals surface area contributed by atoms with Crippen LogP contribution in [-0.4, -0.2) is 31.3 Å². The average molecular weight is 192 g/mol. The van der Waals surface area contributed by atoms with E-state index in [1.54, 1.807) is 0 Å². The van der Waals surface area contributed by atoms with Gasteiger partial charge in [0.1, 0.15) is 5.78 Å². The largest absolute Gasteiger partial charge is 0.348 e. The monoisotopic (exact) mass is 192 g/mol. The van der Waals surface area contributed by atoms with Gasteiger partial charge in [0.25, 0.3) is 0 Å². The first-order valence-electron chi connectivity index (χ1n) is 4.63. The van der Waals surface area contributed by atoms with Crippen molar-refractivity contribution in [3.05, 3.63) is 0 Å². The van der Waals surface area contributed by atoms with Crippen LogP contribution < -0.4 is 10.6 Å². The summed E-state index contributed by atoms with van der Waals surface area (Å²) in [5.74, 6) is -0.170. The van der Waals surface area contributed by atoms with Gasteiger partial charge in [0.2, 0.25) is 5.91 Å². The number of rotatable bonds is 5. The standard InChI is InChI=1S/C7H14N2O2.C2H6.2H2/c1-3-8-5-7(11)9-4-6(2)10;1-2;;/h8H,3-5H2,1-2H3,(H,9,11);1-2H3;2*1H. The molecule has 0 aromatic carbocycles. The van der Waals surface area contributed by atoms with Crippen molar-refractivity contribution in [3.8, 4) is 0 Å². The minimum atomic E-state index is -0.137. The predicted octanol–water partition coefficient (Wildman–Crippen LogP) is 0.819. The quantitative estimate of drug-likeness (QED) is 0.678. The molecule has 0 aliphatic rings. The zero-order valence-corrected chi connectivity index (χ0v) is 8.94. The third kappa shape index (κ3) is 14.0. The summed E-state index contributed by atoms with van der Waals surface area (Å²) in [4.78, 5) is 21.2. The molecule has 0 aromatic rings. The average Bonchev–Trinajstić information content (AvgIpc) is 2.14. The van der Waals surface area contributed by atoms with Crippen molar-refractivity contribution in [2.75, 3.05) is 19.6 Å². The van der Waals surface area contributed by atoms with E-state index in [9.17, 15) is 9.59 Å². The third-order valence-corrected chi connectivity index (χ3v) is 1.07. The molecule has 0 unspecified atom stereocenters. The maximum atomic E-state index is 10.8. The summed E-state index contributed by atoms with van der Waals surface area (Å²) in [6.07, 6.45) is 0. The fourth-order valence-corrected chi connectivity index (χ4v) is 0.524. The maximum absolute atomic E-state index is 10.8. The highest BCUT2D eigenvalue weighted by molar-refractivity contribution is 5.85. The van der Waals surface area contributed by atoms with Crippen molar-refractivity contribution >= 4 is 11.7 Å². The maximum Gasteiger partial charge on any atom is 0.234 e. The molecule has 2 N–H and O–H groups in total. The summed E-state index contributed by atoms with van der Waals surface area (Å²) >= 11 is 0. The van der Waals surface area contributed by atoms with Crippen LogP contribution in [0, 0.1) is 0 Å². The number of hydrogen-bond acceptors (Lipinski definition) is 3. The number of carbonyl (C=O) groups excluding carboxylic acids is 2. The van der Waals surface area contributed by atoms with Gasteiger partial charge in [0, 0.05) is 2.85 Å². The smallest absolute Gasteiger partial charge is 0.234 e.